The quantitative estimate of drug-likeness (QED) is 0.663. The molecule has 0 atom stereocenters. The molecule has 3 aromatic rings. The fraction of sp³-hybridized carbons (Fsp3) is 0.292. The number of rotatable bonds is 6. The van der Waals surface area contributed by atoms with E-state index >= 15 is 0 Å². The second-order valence-corrected chi connectivity index (χ2v) is 7.83. The molecule has 0 aliphatic carbocycles. The predicted molar refractivity (Wildman–Crippen MR) is 118 cm³/mol. The number of amides is 1. The molecule has 0 bridgehead atoms. The standard InChI is InChI=1S/C24H27N4O2/c1-15-6-7-18(19-8-9-20(25-12-19)14-28(4)5)11-21(15)23(29)26-13-22-16(2)10-17(3)27-24(22)30/h6-10,12H,13-14H2,1-5H3,(H,26,29)(H,27,30). The summed E-state index contributed by atoms with van der Waals surface area (Å²) in [4.78, 5) is 34.3. The summed E-state index contributed by atoms with van der Waals surface area (Å²) in [6.45, 7) is 6.51. The van der Waals surface area contributed by atoms with Crippen LogP contribution in [0.15, 0.2) is 41.3 Å². The number of carbonyl (C=O) groups excluding carboxylic acids is 1. The molecular weight excluding hydrogens is 376 g/mol. The maximum atomic E-state index is 12.8. The van der Waals surface area contributed by atoms with Gasteiger partial charge in [-0.3, -0.25) is 14.6 Å². The molecule has 2 N–H and O–H groups in total. The third-order valence-electron chi connectivity index (χ3n) is 4.91. The first kappa shape index (κ1) is 21.5. The van der Waals surface area contributed by atoms with Gasteiger partial charge in [0.2, 0.25) is 0 Å². The van der Waals surface area contributed by atoms with Crippen LogP contribution < -0.4 is 10.9 Å². The highest BCUT2D eigenvalue weighted by Crippen LogP contribution is 2.22. The minimum atomic E-state index is -0.258. The molecule has 6 nitrogen and oxygen atoms in total. The Hall–Kier alpha value is -3.25. The molecule has 0 fully saturated rings. The molecule has 6 heteroatoms. The van der Waals surface area contributed by atoms with Gasteiger partial charge >= 0.3 is 0 Å². The normalized spacial score (nSPS) is 11.0. The zero-order valence-corrected chi connectivity index (χ0v) is 18.1. The number of hydrogen-bond acceptors (Lipinski definition) is 4. The number of nitrogens with zero attached hydrogens (tertiary/aromatic N) is 2. The minimum absolute atomic E-state index is 0.165. The summed E-state index contributed by atoms with van der Waals surface area (Å²) >= 11 is 0. The van der Waals surface area contributed by atoms with Crippen LogP contribution in [0.5, 0.6) is 0 Å². The van der Waals surface area contributed by atoms with Crippen molar-refractivity contribution in [1.82, 2.24) is 20.2 Å². The molecule has 3 rings (SSSR count). The molecule has 0 aliphatic rings. The van der Waals surface area contributed by atoms with E-state index in [2.05, 4.69) is 26.3 Å². The topological polar surface area (TPSA) is 78.1 Å². The molecule has 1 radical (unpaired) electrons. The van der Waals surface area contributed by atoms with E-state index in [1.54, 1.807) is 6.20 Å². The molecule has 0 aliphatic heterocycles. The summed E-state index contributed by atoms with van der Waals surface area (Å²) in [6.07, 6.45) is 1.80. The molecule has 2 aromatic heterocycles. The van der Waals surface area contributed by atoms with Gasteiger partial charge in [0.1, 0.15) is 0 Å². The van der Waals surface area contributed by atoms with Crippen LogP contribution in [0.4, 0.5) is 0 Å². The summed E-state index contributed by atoms with van der Waals surface area (Å²) in [5, 5.41) is 2.86. The van der Waals surface area contributed by atoms with E-state index in [4.69, 9.17) is 0 Å². The Morgan fingerprint density at radius 1 is 1.13 bits per heavy atom. The van der Waals surface area contributed by atoms with Crippen LogP contribution in [-0.4, -0.2) is 34.9 Å². The van der Waals surface area contributed by atoms with E-state index in [0.717, 1.165) is 40.2 Å². The molecule has 1 aromatic carbocycles. The summed E-state index contributed by atoms with van der Waals surface area (Å²) in [7, 11) is 4.00. The Labute approximate surface area is 177 Å². The fourth-order valence-corrected chi connectivity index (χ4v) is 3.33. The summed E-state index contributed by atoms with van der Waals surface area (Å²) in [5.74, 6) is -0.258. The molecule has 155 valence electrons. The van der Waals surface area contributed by atoms with Gasteiger partial charge < -0.3 is 15.2 Å². The average Bonchev–Trinajstić information content (AvgIpc) is 2.67. The van der Waals surface area contributed by atoms with Crippen molar-refractivity contribution in [2.45, 2.75) is 33.9 Å². The number of aromatic nitrogens is 2. The van der Waals surface area contributed by atoms with E-state index in [1.807, 2.05) is 65.2 Å². The predicted octanol–water partition coefficient (Wildman–Crippen LogP) is 3.15. The fourth-order valence-electron chi connectivity index (χ4n) is 3.33. The average molecular weight is 404 g/mol. The number of benzene rings is 1. The number of H-pyrrole nitrogens is 1. The number of carbonyl (C=O) groups is 1. The zero-order valence-electron chi connectivity index (χ0n) is 18.1. The van der Waals surface area contributed by atoms with Crippen molar-refractivity contribution in [2.75, 3.05) is 14.1 Å². The Morgan fingerprint density at radius 2 is 1.90 bits per heavy atom. The second kappa shape index (κ2) is 9.05. The highest BCUT2D eigenvalue weighted by atomic mass is 16.1. The van der Waals surface area contributed by atoms with E-state index in [0.29, 0.717) is 11.1 Å². The van der Waals surface area contributed by atoms with Gasteiger partial charge in [-0.1, -0.05) is 18.2 Å². The third-order valence-corrected chi connectivity index (χ3v) is 4.91. The van der Waals surface area contributed by atoms with Crippen molar-refractivity contribution >= 4 is 5.91 Å². The van der Waals surface area contributed by atoms with E-state index < -0.39 is 0 Å². The van der Waals surface area contributed by atoms with Crippen LogP contribution in [-0.2, 0) is 13.1 Å². The summed E-state index contributed by atoms with van der Waals surface area (Å²) < 4.78 is 0. The third kappa shape index (κ3) is 5.02. The number of hydrogen-bond donors (Lipinski definition) is 2. The van der Waals surface area contributed by atoms with E-state index in [-0.39, 0.29) is 18.0 Å². The van der Waals surface area contributed by atoms with Crippen LogP contribution in [0.3, 0.4) is 0 Å². The van der Waals surface area contributed by atoms with Crippen molar-refractivity contribution in [2.24, 2.45) is 0 Å². The highest BCUT2D eigenvalue weighted by Gasteiger charge is 2.13. The lowest BCUT2D eigenvalue weighted by Crippen LogP contribution is -2.28. The Balaban J connectivity index is 1.79. The van der Waals surface area contributed by atoms with Gasteiger partial charge in [0.15, 0.2) is 0 Å². The van der Waals surface area contributed by atoms with E-state index in [9.17, 15) is 9.59 Å². The second-order valence-electron chi connectivity index (χ2n) is 7.83. The zero-order chi connectivity index (χ0) is 21.8. The first-order valence-electron chi connectivity index (χ1n) is 9.85. The van der Waals surface area contributed by atoms with Crippen LogP contribution >= 0.6 is 0 Å². The van der Waals surface area contributed by atoms with Gasteiger partial charge in [-0.2, -0.15) is 0 Å². The van der Waals surface area contributed by atoms with Gasteiger partial charge in [0.25, 0.3) is 11.5 Å². The SMILES string of the molecule is Cc1cc(C)c(CNC(=O)c2[c]c(-c3ccc(CN(C)C)nc3)ccc2C)c(=O)[nH]1. The highest BCUT2D eigenvalue weighted by molar-refractivity contribution is 5.96. The lowest BCUT2D eigenvalue weighted by Gasteiger charge is -2.12. The van der Waals surface area contributed by atoms with Gasteiger partial charge in [0.05, 0.1) is 11.3 Å². The number of pyridine rings is 2. The molecule has 0 unspecified atom stereocenters. The molecule has 1 amide bonds. The number of aryl methyl sites for hydroxylation is 3. The van der Waals surface area contributed by atoms with Crippen LogP contribution in [0.25, 0.3) is 11.1 Å². The van der Waals surface area contributed by atoms with E-state index in [1.165, 1.54) is 0 Å². The molecule has 0 saturated carbocycles. The van der Waals surface area contributed by atoms with Crippen LogP contribution in [0, 0.1) is 26.8 Å². The van der Waals surface area contributed by atoms with Crippen molar-refractivity contribution < 1.29 is 4.79 Å². The maximum absolute atomic E-state index is 12.8. The summed E-state index contributed by atoms with van der Waals surface area (Å²) in [5.41, 5.74) is 6.01. The van der Waals surface area contributed by atoms with Crippen molar-refractivity contribution in [3.63, 3.8) is 0 Å². The van der Waals surface area contributed by atoms with Crippen molar-refractivity contribution in [1.29, 1.82) is 0 Å². The number of nitrogens with one attached hydrogen (secondary N) is 2. The monoisotopic (exact) mass is 403 g/mol. The lowest BCUT2D eigenvalue weighted by atomic mass is 10.00. The maximum Gasteiger partial charge on any atom is 0.253 e. The first-order chi connectivity index (χ1) is 14.2. The molecule has 30 heavy (non-hydrogen) atoms. The van der Waals surface area contributed by atoms with Crippen LogP contribution in [0.1, 0.15) is 38.4 Å². The molecule has 2 heterocycles. The largest absolute Gasteiger partial charge is 0.348 e. The van der Waals surface area contributed by atoms with Crippen molar-refractivity contribution in [3.05, 3.63) is 86.6 Å². The van der Waals surface area contributed by atoms with Crippen molar-refractivity contribution in [3.8, 4) is 11.1 Å². The van der Waals surface area contributed by atoms with Gasteiger partial charge in [-0.15, -0.1) is 0 Å². The van der Waals surface area contributed by atoms with Gasteiger partial charge in [-0.05, 0) is 63.7 Å². The molecule has 0 saturated heterocycles. The van der Waals surface area contributed by atoms with Crippen LogP contribution in [0.2, 0.25) is 0 Å². The first-order valence-corrected chi connectivity index (χ1v) is 9.85. The lowest BCUT2D eigenvalue weighted by molar-refractivity contribution is 0.0950. The smallest absolute Gasteiger partial charge is 0.253 e. The molecular formula is C24H27N4O2. The molecule has 0 spiro atoms. The number of aromatic amines is 1. The van der Waals surface area contributed by atoms with Gasteiger partial charge in [0, 0.05) is 42.2 Å². The van der Waals surface area contributed by atoms with Gasteiger partial charge in [-0.25, -0.2) is 0 Å². The Morgan fingerprint density at radius 3 is 2.53 bits per heavy atom. The Bertz CT molecular complexity index is 1120. The minimum Gasteiger partial charge on any atom is -0.348 e. The summed E-state index contributed by atoms with van der Waals surface area (Å²) in [6, 6.07) is 12.9. The Kier molecular flexibility index (Phi) is 6.47.